The van der Waals surface area contributed by atoms with Gasteiger partial charge >= 0.3 is 0 Å². The van der Waals surface area contributed by atoms with Gasteiger partial charge in [0, 0.05) is 12.0 Å². The van der Waals surface area contributed by atoms with Gasteiger partial charge in [-0.25, -0.2) is 0 Å². The van der Waals surface area contributed by atoms with Crippen molar-refractivity contribution in [1.82, 2.24) is 0 Å². The van der Waals surface area contributed by atoms with E-state index in [1.54, 1.807) is 13.0 Å². The zero-order valence-corrected chi connectivity index (χ0v) is 10.9. The third-order valence-electron chi connectivity index (χ3n) is 2.28. The predicted molar refractivity (Wildman–Crippen MR) is 68.2 cm³/mol. The van der Waals surface area contributed by atoms with Crippen LogP contribution in [0.2, 0.25) is 0 Å². The molecule has 1 aromatic rings. The number of para-hydroxylation sites is 1. The highest BCUT2D eigenvalue weighted by Gasteiger charge is 2.13. The van der Waals surface area contributed by atoms with Gasteiger partial charge in [-0.1, -0.05) is 35.0 Å². The van der Waals surface area contributed by atoms with Crippen LogP contribution in [0.3, 0.4) is 0 Å². The van der Waals surface area contributed by atoms with Crippen molar-refractivity contribution in [2.45, 2.75) is 20.3 Å². The van der Waals surface area contributed by atoms with E-state index in [0.29, 0.717) is 17.7 Å². The highest BCUT2D eigenvalue weighted by molar-refractivity contribution is 9.09. The van der Waals surface area contributed by atoms with Gasteiger partial charge in [0.1, 0.15) is 0 Å². The molecule has 0 radical (unpaired) electrons. The van der Waals surface area contributed by atoms with Gasteiger partial charge in [0.25, 0.3) is 0 Å². The van der Waals surface area contributed by atoms with E-state index in [2.05, 4.69) is 21.2 Å². The first-order valence-electron chi connectivity index (χ1n) is 5.08. The number of nitrogens with one attached hydrogen (secondary N) is 1. The molecule has 0 aliphatic rings. The van der Waals surface area contributed by atoms with Crippen molar-refractivity contribution in [1.29, 1.82) is 0 Å². The van der Waals surface area contributed by atoms with Gasteiger partial charge in [0.2, 0.25) is 5.91 Å². The van der Waals surface area contributed by atoms with E-state index in [0.717, 1.165) is 5.56 Å². The number of rotatable bonds is 4. The average molecular weight is 284 g/mol. The van der Waals surface area contributed by atoms with Crippen molar-refractivity contribution in [2.75, 3.05) is 10.6 Å². The van der Waals surface area contributed by atoms with Crippen molar-refractivity contribution in [3.8, 4) is 0 Å². The lowest BCUT2D eigenvalue weighted by atomic mass is 10.0. The molecular weight excluding hydrogens is 270 g/mol. The second-order valence-electron chi connectivity index (χ2n) is 3.46. The van der Waals surface area contributed by atoms with E-state index < -0.39 is 0 Å². The summed E-state index contributed by atoms with van der Waals surface area (Å²) in [5.41, 5.74) is 2.10. The quantitative estimate of drug-likeness (QED) is 0.682. The summed E-state index contributed by atoms with van der Waals surface area (Å²) in [6.45, 7) is 3.68. The number of carbonyl (C=O) groups is 2. The van der Waals surface area contributed by atoms with Crippen LogP contribution >= 0.6 is 15.9 Å². The molecule has 0 fully saturated rings. The zero-order valence-electron chi connectivity index (χ0n) is 9.34. The van der Waals surface area contributed by atoms with Gasteiger partial charge in [-0.15, -0.1) is 0 Å². The van der Waals surface area contributed by atoms with Crippen molar-refractivity contribution in [3.63, 3.8) is 0 Å². The van der Waals surface area contributed by atoms with E-state index in [9.17, 15) is 9.59 Å². The maximum atomic E-state index is 11.7. The highest BCUT2D eigenvalue weighted by Crippen LogP contribution is 2.22. The molecule has 0 saturated carbocycles. The lowest BCUT2D eigenvalue weighted by Crippen LogP contribution is -2.16. The van der Waals surface area contributed by atoms with Crippen LogP contribution < -0.4 is 5.32 Å². The van der Waals surface area contributed by atoms with E-state index in [1.807, 2.05) is 19.1 Å². The topological polar surface area (TPSA) is 46.2 Å². The normalized spacial score (nSPS) is 9.94. The smallest absolute Gasteiger partial charge is 0.235 e. The van der Waals surface area contributed by atoms with Crippen LogP contribution in [0.4, 0.5) is 5.69 Å². The number of alkyl halides is 1. The Morgan fingerprint density at radius 1 is 1.38 bits per heavy atom. The molecule has 0 aromatic heterocycles. The molecule has 0 unspecified atom stereocenters. The first kappa shape index (κ1) is 12.9. The summed E-state index contributed by atoms with van der Waals surface area (Å²) in [4.78, 5) is 23.0. The maximum absolute atomic E-state index is 11.7. The number of halogens is 1. The molecule has 0 heterocycles. The lowest BCUT2D eigenvalue weighted by molar-refractivity contribution is -0.113. The Morgan fingerprint density at radius 3 is 2.62 bits per heavy atom. The monoisotopic (exact) mass is 283 g/mol. The second kappa shape index (κ2) is 5.80. The Hall–Kier alpha value is -1.16. The minimum atomic E-state index is -0.153. The average Bonchev–Trinajstić information content (AvgIpc) is 2.30. The van der Waals surface area contributed by atoms with E-state index in [4.69, 9.17) is 0 Å². The molecule has 3 nitrogen and oxygen atoms in total. The Kier molecular flexibility index (Phi) is 4.68. The number of carbonyl (C=O) groups excluding carboxylic acids is 2. The van der Waals surface area contributed by atoms with Crippen LogP contribution in [0.25, 0.3) is 0 Å². The molecule has 0 saturated heterocycles. The minimum absolute atomic E-state index is 0.0357. The second-order valence-corrected chi connectivity index (χ2v) is 4.02. The fraction of sp³-hybridized carbons (Fsp3) is 0.333. The number of anilines is 1. The third-order valence-corrected chi connectivity index (χ3v) is 2.79. The molecule has 4 heteroatoms. The molecular formula is C12H14BrNO2. The van der Waals surface area contributed by atoms with Gasteiger partial charge in [-0.3, -0.25) is 9.59 Å². The molecule has 0 spiro atoms. The highest BCUT2D eigenvalue weighted by atomic mass is 79.9. The third kappa shape index (κ3) is 2.92. The summed E-state index contributed by atoms with van der Waals surface area (Å²) in [5, 5.41) is 2.96. The first-order chi connectivity index (χ1) is 7.60. The predicted octanol–water partition coefficient (Wildman–Crippen LogP) is 2.92. The number of aryl methyl sites for hydroxylation is 1. The van der Waals surface area contributed by atoms with E-state index in [-0.39, 0.29) is 17.0 Å². The first-order valence-corrected chi connectivity index (χ1v) is 6.21. The zero-order chi connectivity index (χ0) is 12.1. The van der Waals surface area contributed by atoms with Crippen molar-refractivity contribution < 1.29 is 9.59 Å². The molecule has 1 amide bonds. The van der Waals surface area contributed by atoms with Crippen molar-refractivity contribution in [2.24, 2.45) is 0 Å². The van der Waals surface area contributed by atoms with E-state index in [1.165, 1.54) is 0 Å². The van der Waals surface area contributed by atoms with Gasteiger partial charge in [-0.2, -0.15) is 0 Å². The Morgan fingerprint density at radius 2 is 2.06 bits per heavy atom. The van der Waals surface area contributed by atoms with Crippen LogP contribution in [0.5, 0.6) is 0 Å². The number of ketones is 1. The van der Waals surface area contributed by atoms with Gasteiger partial charge in [0.05, 0.1) is 11.0 Å². The molecule has 86 valence electrons. The van der Waals surface area contributed by atoms with Crippen LogP contribution in [-0.4, -0.2) is 17.0 Å². The van der Waals surface area contributed by atoms with Crippen LogP contribution in [-0.2, 0) is 4.79 Å². The summed E-state index contributed by atoms with van der Waals surface area (Å²) >= 11 is 3.08. The molecule has 0 aliphatic carbocycles. The van der Waals surface area contributed by atoms with Crippen molar-refractivity contribution in [3.05, 3.63) is 29.3 Å². The fourth-order valence-corrected chi connectivity index (χ4v) is 1.57. The number of amides is 1. The largest absolute Gasteiger partial charge is 0.324 e. The van der Waals surface area contributed by atoms with Gasteiger partial charge < -0.3 is 5.32 Å². The number of benzene rings is 1. The van der Waals surface area contributed by atoms with Gasteiger partial charge in [-0.05, 0) is 18.6 Å². The van der Waals surface area contributed by atoms with Crippen LogP contribution in [0.15, 0.2) is 18.2 Å². The molecule has 0 bridgehead atoms. The summed E-state index contributed by atoms with van der Waals surface area (Å²) < 4.78 is 0. The Balaban J connectivity index is 3.13. The molecule has 0 aliphatic heterocycles. The van der Waals surface area contributed by atoms with E-state index >= 15 is 0 Å². The maximum Gasteiger partial charge on any atom is 0.235 e. The van der Waals surface area contributed by atoms with Crippen LogP contribution in [0, 0.1) is 6.92 Å². The standard InChI is InChI=1S/C12H14BrNO2/c1-3-10(15)9-6-4-5-8(2)12(9)14-11(16)7-13/h4-6H,3,7H2,1-2H3,(H,14,16). The number of hydrogen-bond acceptors (Lipinski definition) is 2. The lowest BCUT2D eigenvalue weighted by Gasteiger charge is -2.11. The summed E-state index contributed by atoms with van der Waals surface area (Å²) in [5.74, 6) is -0.118. The number of Topliss-reactive ketones (excluding diaryl/α,β-unsaturated/α-hetero) is 1. The summed E-state index contributed by atoms with van der Waals surface area (Å²) in [6, 6.07) is 5.43. The summed E-state index contributed by atoms with van der Waals surface area (Å²) in [7, 11) is 0. The van der Waals surface area contributed by atoms with Crippen molar-refractivity contribution >= 4 is 33.3 Å². The van der Waals surface area contributed by atoms with Crippen LogP contribution in [0.1, 0.15) is 29.3 Å². The molecule has 16 heavy (non-hydrogen) atoms. The molecule has 1 rings (SSSR count). The molecule has 0 atom stereocenters. The SMILES string of the molecule is CCC(=O)c1cccc(C)c1NC(=O)CBr. The number of hydrogen-bond donors (Lipinski definition) is 1. The Bertz CT molecular complexity index is 415. The minimum Gasteiger partial charge on any atom is -0.324 e. The molecule has 1 aromatic carbocycles. The fourth-order valence-electron chi connectivity index (χ4n) is 1.43. The Labute approximate surface area is 103 Å². The molecule has 1 N–H and O–H groups in total. The van der Waals surface area contributed by atoms with Gasteiger partial charge in [0.15, 0.2) is 5.78 Å². The summed E-state index contributed by atoms with van der Waals surface area (Å²) in [6.07, 6.45) is 0.431.